The number of carbonyl (C=O) groups excluding carboxylic acids is 1. The molecule has 0 fully saturated rings. The lowest BCUT2D eigenvalue weighted by Crippen LogP contribution is -2.38. The summed E-state index contributed by atoms with van der Waals surface area (Å²) in [6.45, 7) is 1.38. The maximum atomic E-state index is 13.6. The van der Waals surface area contributed by atoms with Crippen molar-refractivity contribution in [2.75, 3.05) is 16.2 Å². The van der Waals surface area contributed by atoms with Crippen molar-refractivity contribution in [1.29, 1.82) is 0 Å². The summed E-state index contributed by atoms with van der Waals surface area (Å²) in [6, 6.07) is 28.4. The molecule has 0 bridgehead atoms. The second kappa shape index (κ2) is 12.0. The lowest BCUT2D eigenvalue weighted by atomic mass is 10.2. The highest BCUT2D eigenvalue weighted by atomic mass is 35.5. The Balaban J connectivity index is 1.52. The zero-order valence-electron chi connectivity index (χ0n) is 19.9. The molecule has 190 valence electrons. The zero-order chi connectivity index (χ0) is 26.4. The number of thioether (sulfide) groups is 1. The van der Waals surface area contributed by atoms with Crippen molar-refractivity contribution in [3.8, 4) is 0 Å². The number of anilines is 2. The van der Waals surface area contributed by atoms with Crippen molar-refractivity contribution in [3.05, 3.63) is 118 Å². The van der Waals surface area contributed by atoms with E-state index in [1.54, 1.807) is 42.1 Å². The molecular weight excluding hydrogens is 547 g/mol. The molecule has 0 unspecified atom stereocenters. The maximum Gasteiger partial charge on any atom is 0.264 e. The topological polar surface area (TPSA) is 66.5 Å². The first-order valence-corrected chi connectivity index (χ1v) is 14.5. The van der Waals surface area contributed by atoms with Crippen LogP contribution in [0.1, 0.15) is 11.1 Å². The van der Waals surface area contributed by atoms with Gasteiger partial charge in [0.05, 0.1) is 15.6 Å². The van der Waals surface area contributed by atoms with Gasteiger partial charge < -0.3 is 5.32 Å². The molecule has 0 heterocycles. The molecule has 0 radical (unpaired) electrons. The van der Waals surface area contributed by atoms with Gasteiger partial charge in [-0.05, 0) is 67.1 Å². The Hall–Kier alpha value is -2.97. The van der Waals surface area contributed by atoms with Crippen LogP contribution in [0.4, 0.5) is 11.4 Å². The number of nitrogens with one attached hydrogen (secondary N) is 1. The fourth-order valence-electron chi connectivity index (χ4n) is 3.51. The summed E-state index contributed by atoms with van der Waals surface area (Å²) < 4.78 is 28.1. The van der Waals surface area contributed by atoms with Gasteiger partial charge in [-0.15, -0.1) is 11.8 Å². The van der Waals surface area contributed by atoms with Gasteiger partial charge in [0, 0.05) is 21.4 Å². The Bertz CT molecular complexity index is 1480. The van der Waals surface area contributed by atoms with Crippen molar-refractivity contribution >= 4 is 62.3 Å². The first-order chi connectivity index (χ1) is 17.7. The van der Waals surface area contributed by atoms with E-state index in [1.165, 1.54) is 29.2 Å². The van der Waals surface area contributed by atoms with Crippen LogP contribution >= 0.6 is 35.0 Å². The van der Waals surface area contributed by atoms with Crippen molar-refractivity contribution in [1.82, 2.24) is 0 Å². The number of nitrogens with zero attached hydrogens (tertiary/aromatic N) is 1. The molecule has 0 spiro atoms. The highest BCUT2D eigenvalue weighted by Gasteiger charge is 2.29. The molecular formula is C28H24Cl2N2O3S2. The van der Waals surface area contributed by atoms with Gasteiger partial charge in [-0.2, -0.15) is 0 Å². The predicted molar refractivity (Wildman–Crippen MR) is 153 cm³/mol. The van der Waals surface area contributed by atoms with Crippen LogP contribution in [0.15, 0.2) is 107 Å². The second-order valence-electron chi connectivity index (χ2n) is 8.27. The minimum absolute atomic E-state index is 0.0437. The van der Waals surface area contributed by atoms with E-state index in [0.29, 0.717) is 10.7 Å². The summed E-state index contributed by atoms with van der Waals surface area (Å²) in [5, 5.41) is 3.24. The molecule has 4 rings (SSSR count). The number of aryl methyl sites for hydroxylation is 1. The Morgan fingerprint density at radius 1 is 0.892 bits per heavy atom. The summed E-state index contributed by atoms with van der Waals surface area (Å²) in [5.74, 6) is 0.270. The third-order valence-electron chi connectivity index (χ3n) is 5.46. The third kappa shape index (κ3) is 7.08. The molecule has 0 aliphatic carbocycles. The summed E-state index contributed by atoms with van der Waals surface area (Å²) in [4.78, 5) is 14.2. The number of hydrogen-bond acceptors (Lipinski definition) is 4. The van der Waals surface area contributed by atoms with Crippen LogP contribution < -0.4 is 9.62 Å². The lowest BCUT2D eigenvalue weighted by Gasteiger charge is -2.25. The standard InChI is InChI=1S/C28H24Cl2N2O3S2/c1-20-7-14-25(15-8-20)37(34,35)32(27-17-22(29)11-16-26(27)30)18-28(33)31-23-12-9-21(10-13-23)19-36-24-5-3-2-4-6-24/h2-17H,18-19H2,1H3,(H,31,33). The molecule has 5 nitrogen and oxygen atoms in total. The van der Waals surface area contributed by atoms with Crippen LogP contribution in [-0.4, -0.2) is 20.9 Å². The largest absolute Gasteiger partial charge is 0.325 e. The van der Waals surface area contributed by atoms with E-state index in [2.05, 4.69) is 17.4 Å². The minimum atomic E-state index is -4.11. The molecule has 0 aliphatic heterocycles. The molecule has 37 heavy (non-hydrogen) atoms. The fourth-order valence-corrected chi connectivity index (χ4v) is 6.26. The van der Waals surface area contributed by atoms with Crippen LogP contribution in [-0.2, 0) is 20.6 Å². The van der Waals surface area contributed by atoms with E-state index in [0.717, 1.165) is 21.2 Å². The Morgan fingerprint density at radius 3 is 2.24 bits per heavy atom. The van der Waals surface area contributed by atoms with E-state index >= 15 is 0 Å². The molecule has 4 aromatic rings. The quantitative estimate of drug-likeness (QED) is 0.212. The van der Waals surface area contributed by atoms with Crippen LogP contribution in [0.3, 0.4) is 0 Å². The molecule has 0 saturated carbocycles. The third-order valence-corrected chi connectivity index (χ3v) is 8.87. The average Bonchev–Trinajstić information content (AvgIpc) is 2.89. The van der Waals surface area contributed by atoms with Crippen molar-refractivity contribution in [2.24, 2.45) is 0 Å². The summed E-state index contributed by atoms with van der Waals surface area (Å²) in [7, 11) is -4.11. The van der Waals surface area contributed by atoms with Gasteiger partial charge in [0.15, 0.2) is 0 Å². The molecule has 0 saturated heterocycles. The van der Waals surface area contributed by atoms with Crippen LogP contribution in [0.25, 0.3) is 0 Å². The Kier molecular flexibility index (Phi) is 8.82. The van der Waals surface area contributed by atoms with Gasteiger partial charge in [0.25, 0.3) is 10.0 Å². The van der Waals surface area contributed by atoms with E-state index < -0.39 is 22.5 Å². The molecule has 0 atom stereocenters. The van der Waals surface area contributed by atoms with Crippen LogP contribution in [0.2, 0.25) is 10.0 Å². The number of rotatable bonds is 9. The molecule has 0 aliphatic rings. The van der Waals surface area contributed by atoms with E-state index in [-0.39, 0.29) is 15.6 Å². The summed E-state index contributed by atoms with van der Waals surface area (Å²) in [5.41, 5.74) is 2.69. The SMILES string of the molecule is Cc1ccc(S(=O)(=O)N(CC(=O)Nc2ccc(CSc3ccccc3)cc2)c2cc(Cl)ccc2Cl)cc1. The number of hydrogen-bond donors (Lipinski definition) is 1. The van der Waals surface area contributed by atoms with Crippen molar-refractivity contribution in [2.45, 2.75) is 22.5 Å². The Labute approximate surface area is 231 Å². The molecule has 9 heteroatoms. The monoisotopic (exact) mass is 570 g/mol. The smallest absolute Gasteiger partial charge is 0.264 e. The van der Waals surface area contributed by atoms with E-state index in [4.69, 9.17) is 23.2 Å². The van der Waals surface area contributed by atoms with Crippen molar-refractivity contribution in [3.63, 3.8) is 0 Å². The number of halogens is 2. The van der Waals surface area contributed by atoms with Gasteiger partial charge in [0.2, 0.25) is 5.91 Å². The van der Waals surface area contributed by atoms with Gasteiger partial charge in [-0.1, -0.05) is 71.2 Å². The fraction of sp³-hybridized carbons (Fsp3) is 0.107. The van der Waals surface area contributed by atoms with Crippen molar-refractivity contribution < 1.29 is 13.2 Å². The first kappa shape index (κ1) is 27.1. The molecule has 4 aromatic carbocycles. The number of benzene rings is 4. The summed E-state index contributed by atoms with van der Waals surface area (Å²) >= 11 is 14.2. The lowest BCUT2D eigenvalue weighted by molar-refractivity contribution is -0.114. The predicted octanol–water partition coefficient (Wildman–Crippen LogP) is 7.43. The highest BCUT2D eigenvalue weighted by Crippen LogP contribution is 2.33. The average molecular weight is 572 g/mol. The summed E-state index contributed by atoms with van der Waals surface area (Å²) in [6.07, 6.45) is 0. The number of amides is 1. The van der Waals surface area contributed by atoms with Gasteiger partial charge in [-0.25, -0.2) is 8.42 Å². The van der Waals surface area contributed by atoms with E-state index in [1.807, 2.05) is 37.3 Å². The van der Waals surface area contributed by atoms with Crippen LogP contribution in [0, 0.1) is 6.92 Å². The van der Waals surface area contributed by atoms with Crippen LogP contribution in [0.5, 0.6) is 0 Å². The Morgan fingerprint density at radius 2 is 1.57 bits per heavy atom. The maximum absolute atomic E-state index is 13.6. The number of carbonyl (C=O) groups is 1. The number of sulfonamides is 1. The molecule has 1 amide bonds. The zero-order valence-corrected chi connectivity index (χ0v) is 23.0. The minimum Gasteiger partial charge on any atom is -0.325 e. The highest BCUT2D eigenvalue weighted by molar-refractivity contribution is 7.98. The second-order valence-corrected chi connectivity index (χ2v) is 12.0. The van der Waals surface area contributed by atoms with Gasteiger partial charge in [0.1, 0.15) is 6.54 Å². The van der Waals surface area contributed by atoms with E-state index in [9.17, 15) is 13.2 Å². The van der Waals surface area contributed by atoms with Gasteiger partial charge in [-0.3, -0.25) is 9.10 Å². The normalized spacial score (nSPS) is 11.2. The molecule has 1 N–H and O–H groups in total. The molecule has 0 aromatic heterocycles. The van der Waals surface area contributed by atoms with Gasteiger partial charge >= 0.3 is 0 Å². The first-order valence-electron chi connectivity index (χ1n) is 11.3.